The smallest absolute Gasteiger partial charge is 0.416 e. The zero-order valence-corrected chi connectivity index (χ0v) is 24.0. The third kappa shape index (κ3) is 4.63. The van der Waals surface area contributed by atoms with Gasteiger partial charge in [0, 0.05) is 11.1 Å². The molecule has 3 atom stereocenters. The Labute approximate surface area is 255 Å². The Kier molecular flexibility index (Phi) is 6.74. The lowest BCUT2D eigenvalue weighted by Gasteiger charge is -2.29. The van der Waals surface area contributed by atoms with Gasteiger partial charge in [-0.3, -0.25) is 23.7 Å². The summed E-state index contributed by atoms with van der Waals surface area (Å²) >= 11 is 1.81. The second kappa shape index (κ2) is 10.5. The summed E-state index contributed by atoms with van der Waals surface area (Å²) in [6, 6.07) is 20.3. The molecule has 8 nitrogen and oxygen atoms in total. The van der Waals surface area contributed by atoms with Gasteiger partial charge in [-0.1, -0.05) is 65.6 Å². The number of anilines is 2. The predicted molar refractivity (Wildman–Crippen MR) is 159 cm³/mol. The summed E-state index contributed by atoms with van der Waals surface area (Å²) in [7, 11) is 0. The SMILES string of the molecule is O=C(Cn1c2c(sc1=O)[C@H](c1ccco1)C1C(=O)N(c3cccc(C(F)(F)F)c3)C(=O)C1S2)Nc1cccc2ccccc12. The maximum Gasteiger partial charge on any atom is 0.416 e. The minimum absolute atomic E-state index is 0.196. The molecular formula is C31H20F3N3O5S2. The maximum absolute atomic E-state index is 13.8. The van der Waals surface area contributed by atoms with Crippen molar-refractivity contribution in [2.45, 2.75) is 28.9 Å². The average molecular weight is 636 g/mol. The molecule has 0 radical (unpaired) electrons. The Morgan fingerprint density at radius 2 is 1.70 bits per heavy atom. The van der Waals surface area contributed by atoms with Crippen LogP contribution in [0.1, 0.15) is 22.1 Å². The first-order valence-corrected chi connectivity index (χ1v) is 15.1. The highest BCUT2D eigenvalue weighted by Gasteiger charge is 2.57. The van der Waals surface area contributed by atoms with Crippen molar-refractivity contribution in [3.63, 3.8) is 0 Å². The van der Waals surface area contributed by atoms with E-state index in [0.717, 1.165) is 57.0 Å². The molecule has 3 amide bonds. The molecule has 3 aromatic carbocycles. The predicted octanol–water partition coefficient (Wildman–Crippen LogP) is 6.11. The number of hydrogen-bond acceptors (Lipinski definition) is 7. The molecule has 1 N–H and O–H groups in total. The van der Waals surface area contributed by atoms with Gasteiger partial charge in [0.1, 0.15) is 17.6 Å². The quantitative estimate of drug-likeness (QED) is 0.234. The number of fused-ring (bicyclic) bond motifs is 3. The molecule has 0 saturated carbocycles. The van der Waals surface area contributed by atoms with Crippen LogP contribution >= 0.6 is 23.1 Å². The van der Waals surface area contributed by atoms with Crippen LogP contribution < -0.4 is 15.1 Å². The van der Waals surface area contributed by atoms with Crippen molar-refractivity contribution in [1.82, 2.24) is 4.57 Å². The summed E-state index contributed by atoms with van der Waals surface area (Å²) in [5.41, 5.74) is -0.621. The standard InChI is InChI=1S/C31H20F3N3O5S2/c32-31(33,34)17-8-4-9-18(14-17)37-27(39)24-23(21-12-5-13-42-21)26-29(43-25(24)28(37)40)36(30(41)44-26)15-22(38)35-20-11-3-7-16-6-1-2-10-19(16)20/h1-14,23-25H,15H2,(H,35,38)/t23-,24?,25?/m1/s1. The number of furan rings is 1. The van der Waals surface area contributed by atoms with Gasteiger partial charge in [0.25, 0.3) is 0 Å². The number of amides is 3. The van der Waals surface area contributed by atoms with Gasteiger partial charge in [-0.15, -0.1) is 0 Å². The van der Waals surface area contributed by atoms with Crippen LogP contribution in [0.15, 0.2) is 99.4 Å². The van der Waals surface area contributed by atoms with E-state index in [1.54, 1.807) is 24.3 Å². The highest BCUT2D eigenvalue weighted by atomic mass is 32.2. The summed E-state index contributed by atoms with van der Waals surface area (Å²) in [5, 5.41) is 3.87. The molecule has 2 aromatic heterocycles. The molecule has 2 aliphatic rings. The molecule has 0 aliphatic carbocycles. The first-order chi connectivity index (χ1) is 21.1. The van der Waals surface area contributed by atoms with Gasteiger partial charge in [0.2, 0.25) is 17.7 Å². The molecule has 44 heavy (non-hydrogen) atoms. The number of imide groups is 1. The van der Waals surface area contributed by atoms with Gasteiger partial charge in [0.05, 0.1) is 39.3 Å². The van der Waals surface area contributed by atoms with Crippen molar-refractivity contribution in [1.29, 1.82) is 0 Å². The van der Waals surface area contributed by atoms with E-state index in [0.29, 0.717) is 21.4 Å². The zero-order chi connectivity index (χ0) is 30.7. The van der Waals surface area contributed by atoms with E-state index < -0.39 is 51.4 Å². The molecule has 1 fully saturated rings. The summed E-state index contributed by atoms with van der Waals surface area (Å²) < 4.78 is 47.3. The van der Waals surface area contributed by atoms with Crippen LogP contribution in [0.2, 0.25) is 0 Å². The lowest BCUT2D eigenvalue weighted by atomic mass is 9.87. The number of halogens is 3. The monoisotopic (exact) mass is 635 g/mol. The Hall–Kier alpha value is -4.62. The summed E-state index contributed by atoms with van der Waals surface area (Å²) in [6.45, 7) is -0.359. The first kappa shape index (κ1) is 28.2. The van der Waals surface area contributed by atoms with E-state index >= 15 is 0 Å². The number of aromatic nitrogens is 1. The fourth-order valence-electron chi connectivity index (χ4n) is 5.77. The van der Waals surface area contributed by atoms with Gasteiger partial charge in [-0.25, -0.2) is 4.90 Å². The molecule has 13 heteroatoms. The Morgan fingerprint density at radius 1 is 0.932 bits per heavy atom. The van der Waals surface area contributed by atoms with E-state index in [-0.39, 0.29) is 12.2 Å². The van der Waals surface area contributed by atoms with Crippen LogP contribution in [0.5, 0.6) is 0 Å². The van der Waals surface area contributed by atoms with Crippen LogP contribution in [0.25, 0.3) is 10.8 Å². The Bertz CT molecular complexity index is 2010. The molecule has 1 saturated heterocycles. The minimum atomic E-state index is -4.67. The lowest BCUT2D eigenvalue weighted by molar-refractivity contribution is -0.137. The maximum atomic E-state index is 13.8. The second-order valence-corrected chi connectivity index (χ2v) is 12.4. The first-order valence-electron chi connectivity index (χ1n) is 13.4. The number of benzene rings is 3. The number of carbonyl (C=O) groups is 3. The Morgan fingerprint density at radius 3 is 2.48 bits per heavy atom. The molecule has 0 bridgehead atoms. The number of carbonyl (C=O) groups excluding carboxylic acids is 3. The number of alkyl halides is 3. The number of thiazole rings is 1. The van der Waals surface area contributed by atoms with Crippen molar-refractivity contribution in [2.75, 3.05) is 10.2 Å². The summed E-state index contributed by atoms with van der Waals surface area (Å²) in [6.07, 6.45) is -3.28. The number of hydrogen-bond donors (Lipinski definition) is 1. The third-order valence-corrected chi connectivity index (χ3v) is 10.3. The highest BCUT2D eigenvalue weighted by molar-refractivity contribution is 8.00. The molecule has 4 heterocycles. The van der Waals surface area contributed by atoms with Crippen molar-refractivity contribution in [2.24, 2.45) is 5.92 Å². The number of nitrogens with one attached hydrogen (secondary N) is 1. The third-order valence-electron chi connectivity index (χ3n) is 7.70. The summed E-state index contributed by atoms with van der Waals surface area (Å²) in [5.74, 6) is -3.46. The van der Waals surface area contributed by atoms with Crippen molar-refractivity contribution in [3.05, 3.63) is 111 Å². The largest absolute Gasteiger partial charge is 0.469 e. The zero-order valence-electron chi connectivity index (χ0n) is 22.4. The van der Waals surface area contributed by atoms with Gasteiger partial charge in [0.15, 0.2) is 0 Å². The number of nitrogens with zero attached hydrogens (tertiary/aromatic N) is 2. The molecule has 2 aliphatic heterocycles. The van der Waals surface area contributed by atoms with Gasteiger partial charge in [-0.05, 0) is 41.8 Å². The fraction of sp³-hybridized carbons (Fsp3) is 0.161. The summed E-state index contributed by atoms with van der Waals surface area (Å²) in [4.78, 5) is 54.9. The molecule has 222 valence electrons. The van der Waals surface area contributed by atoms with Crippen molar-refractivity contribution in [3.8, 4) is 0 Å². The molecule has 0 spiro atoms. The topological polar surface area (TPSA) is 102 Å². The van der Waals surface area contributed by atoms with E-state index in [9.17, 15) is 32.3 Å². The van der Waals surface area contributed by atoms with Crippen LogP contribution in [-0.4, -0.2) is 27.5 Å². The Balaban J connectivity index is 1.25. The molecule has 2 unspecified atom stereocenters. The van der Waals surface area contributed by atoms with Crippen molar-refractivity contribution >= 4 is 63.0 Å². The van der Waals surface area contributed by atoms with Crippen LogP contribution in [0.4, 0.5) is 24.5 Å². The molecular weight excluding hydrogens is 615 g/mol. The normalized spacial score (nSPS) is 19.7. The van der Waals surface area contributed by atoms with Gasteiger partial charge >= 0.3 is 11.0 Å². The van der Waals surface area contributed by atoms with Crippen LogP contribution in [-0.2, 0) is 27.1 Å². The highest BCUT2D eigenvalue weighted by Crippen LogP contribution is 2.54. The second-order valence-electron chi connectivity index (χ2n) is 10.3. The lowest BCUT2D eigenvalue weighted by Crippen LogP contribution is -2.32. The number of thioether (sulfide) groups is 1. The van der Waals surface area contributed by atoms with Gasteiger partial charge in [-0.2, -0.15) is 13.2 Å². The number of rotatable bonds is 5. The van der Waals surface area contributed by atoms with Gasteiger partial charge < -0.3 is 9.73 Å². The van der Waals surface area contributed by atoms with E-state index in [1.165, 1.54) is 16.9 Å². The van der Waals surface area contributed by atoms with E-state index in [1.807, 2.05) is 30.3 Å². The minimum Gasteiger partial charge on any atom is -0.469 e. The van der Waals surface area contributed by atoms with E-state index in [4.69, 9.17) is 4.42 Å². The average Bonchev–Trinajstić information content (AvgIpc) is 3.70. The molecule has 7 rings (SSSR count). The molecule has 5 aromatic rings. The van der Waals surface area contributed by atoms with Crippen LogP contribution in [0, 0.1) is 5.92 Å². The van der Waals surface area contributed by atoms with E-state index in [2.05, 4.69) is 5.32 Å². The van der Waals surface area contributed by atoms with Crippen molar-refractivity contribution < 1.29 is 32.0 Å². The fourth-order valence-corrected chi connectivity index (χ4v) is 8.53. The van der Waals surface area contributed by atoms with Crippen LogP contribution in [0.3, 0.4) is 0 Å².